The van der Waals surface area contributed by atoms with Gasteiger partial charge in [-0.1, -0.05) is 35.9 Å². The highest BCUT2D eigenvalue weighted by molar-refractivity contribution is 6.31. The summed E-state index contributed by atoms with van der Waals surface area (Å²) in [5.41, 5.74) is 6.94. The van der Waals surface area contributed by atoms with Crippen LogP contribution in [0.25, 0.3) is 0 Å². The molecule has 30 heavy (non-hydrogen) atoms. The minimum absolute atomic E-state index is 0.333. The van der Waals surface area contributed by atoms with Gasteiger partial charge in [-0.25, -0.2) is 4.98 Å². The van der Waals surface area contributed by atoms with E-state index in [1.54, 1.807) is 6.07 Å². The topological polar surface area (TPSA) is 65.7 Å². The van der Waals surface area contributed by atoms with Crippen molar-refractivity contribution in [2.75, 3.05) is 44.2 Å². The predicted octanol–water partition coefficient (Wildman–Crippen LogP) is 3.01. The van der Waals surface area contributed by atoms with Gasteiger partial charge >= 0.3 is 0 Å². The fourth-order valence-corrected chi connectivity index (χ4v) is 4.77. The van der Waals surface area contributed by atoms with Gasteiger partial charge in [0, 0.05) is 43.8 Å². The molecule has 0 unspecified atom stereocenters. The molecule has 0 atom stereocenters. The van der Waals surface area contributed by atoms with Crippen LogP contribution in [0.4, 0.5) is 5.82 Å². The summed E-state index contributed by atoms with van der Waals surface area (Å²) in [5.74, 6) is 0.375. The molecule has 3 heterocycles. The largest absolute Gasteiger partial charge is 0.364 e. The summed E-state index contributed by atoms with van der Waals surface area (Å²) in [6.07, 6.45) is 3.49. The fraction of sp³-hybridized carbons (Fsp3) is 0.478. The van der Waals surface area contributed by atoms with Crippen molar-refractivity contribution in [1.82, 2.24) is 14.8 Å². The summed E-state index contributed by atoms with van der Waals surface area (Å²) in [6, 6.07) is 14.3. The molecule has 7 heteroatoms. The van der Waals surface area contributed by atoms with Crippen LogP contribution in [-0.2, 0) is 6.54 Å². The van der Waals surface area contributed by atoms with Crippen LogP contribution in [0.15, 0.2) is 42.5 Å². The summed E-state index contributed by atoms with van der Waals surface area (Å²) in [7, 11) is 0. The fourth-order valence-electron chi connectivity index (χ4n) is 4.58. The van der Waals surface area contributed by atoms with Crippen LogP contribution < -0.4 is 10.6 Å². The van der Waals surface area contributed by atoms with Gasteiger partial charge in [0.25, 0.3) is 5.91 Å². The first-order valence-corrected chi connectivity index (χ1v) is 11.2. The van der Waals surface area contributed by atoms with Gasteiger partial charge in [-0.05, 0) is 56.1 Å². The van der Waals surface area contributed by atoms with Crippen LogP contribution in [0.3, 0.4) is 0 Å². The quantitative estimate of drug-likeness (QED) is 0.794. The SMILES string of the molecule is NC(=O)c1cccc(N2CCCN(C3CCN(Cc4ccccc4Cl)CC3)CC2)n1. The summed E-state index contributed by atoms with van der Waals surface area (Å²) in [4.78, 5) is 23.3. The number of carbonyl (C=O) groups is 1. The number of aromatic nitrogens is 1. The molecular weight excluding hydrogens is 398 g/mol. The van der Waals surface area contributed by atoms with Gasteiger partial charge in [-0.3, -0.25) is 14.6 Å². The van der Waals surface area contributed by atoms with Gasteiger partial charge in [0.2, 0.25) is 0 Å². The van der Waals surface area contributed by atoms with E-state index in [-0.39, 0.29) is 0 Å². The highest BCUT2D eigenvalue weighted by Gasteiger charge is 2.27. The first-order valence-electron chi connectivity index (χ1n) is 10.8. The smallest absolute Gasteiger partial charge is 0.267 e. The molecule has 2 saturated heterocycles. The third kappa shape index (κ3) is 5.12. The van der Waals surface area contributed by atoms with Crippen molar-refractivity contribution < 1.29 is 4.79 Å². The zero-order valence-corrected chi connectivity index (χ0v) is 18.1. The van der Waals surface area contributed by atoms with E-state index in [9.17, 15) is 4.79 Å². The van der Waals surface area contributed by atoms with E-state index >= 15 is 0 Å². The highest BCUT2D eigenvalue weighted by atomic mass is 35.5. The number of anilines is 1. The molecule has 0 aliphatic carbocycles. The second-order valence-corrected chi connectivity index (χ2v) is 8.63. The normalized spacial score (nSPS) is 19.6. The molecular formula is C23H30ClN5O. The van der Waals surface area contributed by atoms with Crippen LogP contribution in [-0.4, -0.2) is 66.0 Å². The summed E-state index contributed by atoms with van der Waals surface area (Å²) >= 11 is 6.33. The molecule has 0 bridgehead atoms. The minimum Gasteiger partial charge on any atom is -0.364 e. The Kier molecular flexibility index (Phi) is 6.87. The van der Waals surface area contributed by atoms with E-state index in [0.717, 1.165) is 63.1 Å². The molecule has 2 aromatic rings. The lowest BCUT2D eigenvalue weighted by molar-refractivity contribution is 0.0995. The average molecular weight is 428 g/mol. The Morgan fingerprint density at radius 2 is 1.80 bits per heavy atom. The third-order valence-corrected chi connectivity index (χ3v) is 6.64. The number of carbonyl (C=O) groups excluding carboxylic acids is 1. The number of likely N-dealkylation sites (tertiary alicyclic amines) is 1. The Bertz CT molecular complexity index is 868. The molecule has 1 aromatic carbocycles. The van der Waals surface area contributed by atoms with E-state index in [1.165, 1.54) is 18.4 Å². The lowest BCUT2D eigenvalue weighted by Crippen LogP contribution is -2.46. The molecule has 1 amide bonds. The van der Waals surface area contributed by atoms with E-state index in [1.807, 2.05) is 24.3 Å². The van der Waals surface area contributed by atoms with Gasteiger partial charge in [0.05, 0.1) is 0 Å². The number of amides is 1. The van der Waals surface area contributed by atoms with Gasteiger partial charge < -0.3 is 10.6 Å². The van der Waals surface area contributed by atoms with E-state index in [4.69, 9.17) is 17.3 Å². The lowest BCUT2D eigenvalue weighted by Gasteiger charge is -2.38. The first-order chi connectivity index (χ1) is 14.6. The molecule has 1 aromatic heterocycles. The number of hydrogen-bond acceptors (Lipinski definition) is 5. The molecule has 160 valence electrons. The van der Waals surface area contributed by atoms with Gasteiger partial charge in [0.15, 0.2) is 0 Å². The number of piperidine rings is 1. The molecule has 2 fully saturated rings. The monoisotopic (exact) mass is 427 g/mol. The Morgan fingerprint density at radius 3 is 2.57 bits per heavy atom. The van der Waals surface area contributed by atoms with E-state index in [0.29, 0.717) is 11.7 Å². The summed E-state index contributed by atoms with van der Waals surface area (Å²) in [6.45, 7) is 7.17. The predicted molar refractivity (Wildman–Crippen MR) is 121 cm³/mol. The standard InChI is InChI=1S/C23H30ClN5O/c24-20-6-2-1-5-18(20)17-27-13-9-19(10-14-27)28-11-4-12-29(16-15-28)22-8-3-7-21(26-22)23(25)30/h1-3,5-8,19H,4,9-17H2,(H2,25,30). The number of pyridine rings is 1. The molecule has 0 saturated carbocycles. The maximum atomic E-state index is 11.4. The molecule has 0 spiro atoms. The third-order valence-electron chi connectivity index (χ3n) is 6.27. The molecule has 2 N–H and O–H groups in total. The number of nitrogens with zero attached hydrogens (tertiary/aromatic N) is 4. The number of rotatable bonds is 5. The Hall–Kier alpha value is -2.15. The van der Waals surface area contributed by atoms with Crippen molar-refractivity contribution in [3.63, 3.8) is 0 Å². The Labute approximate surface area is 183 Å². The van der Waals surface area contributed by atoms with Crippen LogP contribution >= 0.6 is 11.6 Å². The van der Waals surface area contributed by atoms with E-state index in [2.05, 4.69) is 31.8 Å². The molecule has 6 nitrogen and oxygen atoms in total. The van der Waals surface area contributed by atoms with Gasteiger partial charge in [-0.15, -0.1) is 0 Å². The van der Waals surface area contributed by atoms with Crippen LogP contribution in [0.1, 0.15) is 35.3 Å². The number of nitrogens with two attached hydrogens (primary N) is 1. The number of primary amides is 1. The molecule has 0 radical (unpaired) electrons. The van der Waals surface area contributed by atoms with Crippen LogP contribution in [0, 0.1) is 0 Å². The highest BCUT2D eigenvalue weighted by Crippen LogP contribution is 2.23. The second-order valence-electron chi connectivity index (χ2n) is 8.22. The summed E-state index contributed by atoms with van der Waals surface area (Å²) < 4.78 is 0. The minimum atomic E-state index is -0.475. The number of hydrogen-bond donors (Lipinski definition) is 1. The average Bonchev–Trinajstić information content (AvgIpc) is 3.02. The molecule has 2 aliphatic rings. The van der Waals surface area contributed by atoms with E-state index < -0.39 is 5.91 Å². The zero-order chi connectivity index (χ0) is 20.9. The van der Waals surface area contributed by atoms with Crippen LogP contribution in [0.5, 0.6) is 0 Å². The van der Waals surface area contributed by atoms with Crippen molar-refractivity contribution >= 4 is 23.3 Å². The summed E-state index contributed by atoms with van der Waals surface area (Å²) in [5, 5.41) is 0.862. The first kappa shape index (κ1) is 21.1. The van der Waals surface area contributed by atoms with Crippen molar-refractivity contribution in [1.29, 1.82) is 0 Å². The number of benzene rings is 1. The van der Waals surface area contributed by atoms with Gasteiger partial charge in [-0.2, -0.15) is 0 Å². The lowest BCUT2D eigenvalue weighted by atomic mass is 10.0. The Balaban J connectivity index is 1.30. The maximum Gasteiger partial charge on any atom is 0.267 e. The molecule has 4 rings (SSSR count). The van der Waals surface area contributed by atoms with Crippen LogP contribution in [0.2, 0.25) is 5.02 Å². The zero-order valence-electron chi connectivity index (χ0n) is 17.3. The number of halogens is 1. The second kappa shape index (κ2) is 9.77. The maximum absolute atomic E-state index is 11.4. The van der Waals surface area contributed by atoms with Gasteiger partial charge in [0.1, 0.15) is 11.5 Å². The van der Waals surface area contributed by atoms with Crippen molar-refractivity contribution in [3.05, 3.63) is 58.7 Å². The molecule has 2 aliphatic heterocycles. The Morgan fingerprint density at radius 1 is 1.00 bits per heavy atom. The van der Waals surface area contributed by atoms with Crippen molar-refractivity contribution in [2.24, 2.45) is 5.73 Å². The van der Waals surface area contributed by atoms with Crippen molar-refractivity contribution in [2.45, 2.75) is 31.8 Å². The van der Waals surface area contributed by atoms with Crippen molar-refractivity contribution in [3.8, 4) is 0 Å².